The highest BCUT2D eigenvalue weighted by atomic mass is 16.5. The molecular formula is C18H20N2O4. The Bertz CT molecular complexity index is 666. The number of methoxy groups -OCH3 is 1. The van der Waals surface area contributed by atoms with Crippen LogP contribution in [-0.4, -0.2) is 32.4 Å². The van der Waals surface area contributed by atoms with E-state index in [1.807, 2.05) is 31.2 Å². The van der Waals surface area contributed by atoms with Crippen molar-refractivity contribution in [3.63, 3.8) is 0 Å². The van der Waals surface area contributed by atoms with Gasteiger partial charge in [-0.1, -0.05) is 0 Å². The summed E-state index contributed by atoms with van der Waals surface area (Å²) >= 11 is 0. The Morgan fingerprint density at radius 2 is 1.58 bits per heavy atom. The average molecular weight is 328 g/mol. The average Bonchev–Trinajstić information content (AvgIpc) is 2.62. The number of hydrogen-bond donors (Lipinski definition) is 1. The van der Waals surface area contributed by atoms with E-state index in [0.717, 1.165) is 17.1 Å². The van der Waals surface area contributed by atoms with Gasteiger partial charge in [0.1, 0.15) is 17.2 Å². The lowest BCUT2D eigenvalue weighted by molar-refractivity contribution is -0.123. The molecule has 0 aliphatic heterocycles. The second-order valence-electron chi connectivity index (χ2n) is 4.76. The maximum atomic E-state index is 11.7. The fraction of sp³-hybridized carbons (Fsp3) is 0.222. The molecule has 0 aliphatic rings. The molecule has 0 spiro atoms. The van der Waals surface area contributed by atoms with E-state index in [1.54, 1.807) is 37.6 Å². The van der Waals surface area contributed by atoms with Crippen molar-refractivity contribution in [2.75, 3.05) is 20.3 Å². The van der Waals surface area contributed by atoms with Crippen LogP contribution in [0.5, 0.6) is 17.2 Å². The first-order valence-corrected chi connectivity index (χ1v) is 7.53. The van der Waals surface area contributed by atoms with Gasteiger partial charge in [-0.2, -0.15) is 5.10 Å². The second kappa shape index (κ2) is 9.19. The molecule has 6 nitrogen and oxygen atoms in total. The number of amides is 1. The Labute approximate surface area is 141 Å². The van der Waals surface area contributed by atoms with E-state index < -0.39 is 0 Å². The molecule has 0 fully saturated rings. The number of benzene rings is 2. The van der Waals surface area contributed by atoms with E-state index in [4.69, 9.17) is 14.2 Å². The van der Waals surface area contributed by atoms with E-state index in [0.29, 0.717) is 12.4 Å². The number of hydrogen-bond acceptors (Lipinski definition) is 5. The first-order chi connectivity index (χ1) is 11.7. The summed E-state index contributed by atoms with van der Waals surface area (Å²) in [6, 6.07) is 14.4. The minimum atomic E-state index is -0.339. The van der Waals surface area contributed by atoms with Gasteiger partial charge >= 0.3 is 0 Å². The highest BCUT2D eigenvalue weighted by Gasteiger charge is 2.02. The number of carbonyl (C=O) groups is 1. The standard InChI is InChI=1S/C18H20N2O4/c1-3-23-16-8-10-17(11-9-16)24-13-18(21)20-19-12-14-4-6-15(22-2)7-5-14/h4-12H,3,13H2,1-2H3,(H,20,21)/b19-12-. The lowest BCUT2D eigenvalue weighted by Gasteiger charge is -2.06. The normalized spacial score (nSPS) is 10.4. The summed E-state index contributed by atoms with van der Waals surface area (Å²) in [4.78, 5) is 11.7. The van der Waals surface area contributed by atoms with Gasteiger partial charge in [0, 0.05) is 0 Å². The molecule has 6 heteroatoms. The van der Waals surface area contributed by atoms with Crippen LogP contribution in [-0.2, 0) is 4.79 Å². The first kappa shape index (κ1) is 17.3. The zero-order valence-corrected chi connectivity index (χ0v) is 13.7. The molecule has 126 valence electrons. The number of rotatable bonds is 8. The van der Waals surface area contributed by atoms with Crippen molar-refractivity contribution < 1.29 is 19.0 Å². The third kappa shape index (κ3) is 5.64. The van der Waals surface area contributed by atoms with Gasteiger partial charge in [-0.15, -0.1) is 0 Å². The fourth-order valence-electron chi connectivity index (χ4n) is 1.85. The van der Waals surface area contributed by atoms with Crippen molar-refractivity contribution in [2.24, 2.45) is 5.10 Å². The Hall–Kier alpha value is -3.02. The summed E-state index contributed by atoms with van der Waals surface area (Å²) in [5.74, 6) is 1.78. The van der Waals surface area contributed by atoms with Crippen molar-refractivity contribution in [3.8, 4) is 17.2 Å². The first-order valence-electron chi connectivity index (χ1n) is 7.53. The van der Waals surface area contributed by atoms with Crippen LogP contribution in [0.1, 0.15) is 12.5 Å². The van der Waals surface area contributed by atoms with Crippen LogP contribution in [0.2, 0.25) is 0 Å². The minimum Gasteiger partial charge on any atom is -0.497 e. The maximum absolute atomic E-state index is 11.7. The SMILES string of the molecule is CCOc1ccc(OCC(=O)N/N=C\c2ccc(OC)cc2)cc1. The van der Waals surface area contributed by atoms with Crippen LogP contribution in [0, 0.1) is 0 Å². The van der Waals surface area contributed by atoms with E-state index in [-0.39, 0.29) is 12.5 Å². The van der Waals surface area contributed by atoms with Gasteiger partial charge in [-0.3, -0.25) is 4.79 Å². The fourth-order valence-corrected chi connectivity index (χ4v) is 1.85. The van der Waals surface area contributed by atoms with E-state index in [2.05, 4.69) is 10.5 Å². The summed E-state index contributed by atoms with van der Waals surface area (Å²) in [5.41, 5.74) is 3.26. The molecule has 0 bridgehead atoms. The van der Waals surface area contributed by atoms with Crippen LogP contribution in [0.15, 0.2) is 53.6 Å². The van der Waals surface area contributed by atoms with Crippen LogP contribution in [0.3, 0.4) is 0 Å². The number of carbonyl (C=O) groups excluding carboxylic acids is 1. The molecule has 0 heterocycles. The lowest BCUT2D eigenvalue weighted by atomic mass is 10.2. The zero-order valence-electron chi connectivity index (χ0n) is 13.7. The highest BCUT2D eigenvalue weighted by Crippen LogP contribution is 2.17. The van der Waals surface area contributed by atoms with E-state index in [9.17, 15) is 4.79 Å². The minimum absolute atomic E-state index is 0.117. The molecule has 1 N–H and O–H groups in total. The highest BCUT2D eigenvalue weighted by molar-refractivity contribution is 5.83. The Morgan fingerprint density at radius 1 is 1.00 bits per heavy atom. The molecule has 1 amide bonds. The van der Waals surface area contributed by atoms with Crippen molar-refractivity contribution in [1.82, 2.24) is 5.43 Å². The third-order valence-corrected chi connectivity index (χ3v) is 3.02. The van der Waals surface area contributed by atoms with Crippen LogP contribution in [0.4, 0.5) is 0 Å². The largest absolute Gasteiger partial charge is 0.497 e. The predicted octanol–water partition coefficient (Wildman–Crippen LogP) is 2.62. The summed E-state index contributed by atoms with van der Waals surface area (Å²) in [6.07, 6.45) is 1.55. The smallest absolute Gasteiger partial charge is 0.277 e. The molecular weight excluding hydrogens is 308 g/mol. The van der Waals surface area contributed by atoms with Crippen LogP contribution >= 0.6 is 0 Å². The molecule has 0 atom stereocenters. The van der Waals surface area contributed by atoms with Gasteiger partial charge in [0.15, 0.2) is 6.61 Å². The zero-order chi connectivity index (χ0) is 17.2. The van der Waals surface area contributed by atoms with E-state index in [1.165, 1.54) is 0 Å². The molecule has 0 saturated carbocycles. The Kier molecular flexibility index (Phi) is 6.64. The van der Waals surface area contributed by atoms with E-state index >= 15 is 0 Å². The molecule has 0 unspecified atom stereocenters. The van der Waals surface area contributed by atoms with Crippen LogP contribution in [0.25, 0.3) is 0 Å². The van der Waals surface area contributed by atoms with Crippen molar-refractivity contribution in [3.05, 3.63) is 54.1 Å². The molecule has 2 aromatic carbocycles. The summed E-state index contributed by atoms with van der Waals surface area (Å²) < 4.78 is 15.8. The predicted molar refractivity (Wildman–Crippen MR) is 91.8 cm³/mol. The number of hydrazone groups is 1. The van der Waals surface area contributed by atoms with Crippen molar-refractivity contribution in [1.29, 1.82) is 0 Å². The van der Waals surface area contributed by atoms with Gasteiger partial charge < -0.3 is 14.2 Å². The quantitative estimate of drug-likeness (QED) is 0.597. The van der Waals surface area contributed by atoms with Gasteiger partial charge in [0.2, 0.25) is 0 Å². The number of nitrogens with one attached hydrogen (secondary N) is 1. The maximum Gasteiger partial charge on any atom is 0.277 e. The van der Waals surface area contributed by atoms with Gasteiger partial charge in [-0.05, 0) is 61.0 Å². The molecule has 0 radical (unpaired) electrons. The molecule has 0 saturated heterocycles. The Balaban J connectivity index is 1.75. The van der Waals surface area contributed by atoms with Crippen LogP contribution < -0.4 is 19.6 Å². The third-order valence-electron chi connectivity index (χ3n) is 3.02. The molecule has 2 rings (SSSR count). The Morgan fingerprint density at radius 3 is 2.17 bits per heavy atom. The summed E-state index contributed by atoms with van der Waals surface area (Å²) in [6.45, 7) is 2.41. The molecule has 0 aromatic heterocycles. The van der Waals surface area contributed by atoms with Crippen molar-refractivity contribution >= 4 is 12.1 Å². The molecule has 2 aromatic rings. The van der Waals surface area contributed by atoms with Gasteiger partial charge in [0.25, 0.3) is 5.91 Å². The monoisotopic (exact) mass is 328 g/mol. The summed E-state index contributed by atoms with van der Waals surface area (Å²) in [7, 11) is 1.60. The van der Waals surface area contributed by atoms with Gasteiger partial charge in [0.05, 0.1) is 19.9 Å². The topological polar surface area (TPSA) is 69.2 Å². The molecule has 0 aliphatic carbocycles. The molecule has 24 heavy (non-hydrogen) atoms. The van der Waals surface area contributed by atoms with Gasteiger partial charge in [-0.25, -0.2) is 5.43 Å². The lowest BCUT2D eigenvalue weighted by Crippen LogP contribution is -2.24. The second-order valence-corrected chi connectivity index (χ2v) is 4.76. The number of nitrogens with zero attached hydrogens (tertiary/aromatic N) is 1. The van der Waals surface area contributed by atoms with Crippen molar-refractivity contribution in [2.45, 2.75) is 6.92 Å². The summed E-state index contributed by atoms with van der Waals surface area (Å²) in [5, 5.41) is 3.88. The number of ether oxygens (including phenoxy) is 3.